The highest BCUT2D eigenvalue weighted by atomic mass is 35.5. The first kappa shape index (κ1) is 19.3. The van der Waals surface area contributed by atoms with Gasteiger partial charge in [-0.1, -0.05) is 60.7 Å². The number of benzene rings is 3. The summed E-state index contributed by atoms with van der Waals surface area (Å²) in [5.74, 6) is -0.000728. The Morgan fingerprint density at radius 2 is 1.50 bits per heavy atom. The molecule has 0 saturated heterocycles. The number of rotatable bonds is 5. The van der Waals surface area contributed by atoms with Crippen molar-refractivity contribution in [2.45, 2.75) is 12.5 Å². The molecule has 0 fully saturated rings. The third-order valence-corrected chi connectivity index (χ3v) is 3.80. The number of halogens is 1. The highest BCUT2D eigenvalue weighted by Gasteiger charge is 2.07. The van der Waals surface area contributed by atoms with Gasteiger partial charge in [-0.25, -0.2) is 4.79 Å². The van der Waals surface area contributed by atoms with Crippen molar-refractivity contribution in [3.05, 3.63) is 95.6 Å². The van der Waals surface area contributed by atoms with Gasteiger partial charge in [0.1, 0.15) is 12.4 Å². The number of alkyl halides is 1. The van der Waals surface area contributed by atoms with Gasteiger partial charge in [0.25, 0.3) is 0 Å². The van der Waals surface area contributed by atoms with Crippen LogP contribution >= 0.6 is 11.6 Å². The first-order valence-electron chi connectivity index (χ1n) is 7.99. The maximum atomic E-state index is 10.8. The summed E-state index contributed by atoms with van der Waals surface area (Å²) in [5, 5.41) is 8.89. The van der Waals surface area contributed by atoms with Gasteiger partial charge in [-0.15, -0.1) is 11.6 Å². The van der Waals surface area contributed by atoms with Gasteiger partial charge in [-0.3, -0.25) is 0 Å². The van der Waals surface area contributed by atoms with E-state index in [-0.39, 0.29) is 5.56 Å². The topological polar surface area (TPSA) is 72.6 Å². The van der Waals surface area contributed by atoms with Crippen LogP contribution in [0.2, 0.25) is 0 Å². The molecule has 0 unspecified atom stereocenters. The number of hydrogen-bond donors (Lipinski definition) is 2. The van der Waals surface area contributed by atoms with Gasteiger partial charge in [-0.2, -0.15) is 0 Å². The second-order valence-electron chi connectivity index (χ2n) is 5.45. The van der Waals surface area contributed by atoms with E-state index in [4.69, 9.17) is 27.2 Å². The molecule has 0 aliphatic heterocycles. The Morgan fingerprint density at radius 3 is 2.00 bits per heavy atom. The Labute approximate surface area is 157 Å². The van der Waals surface area contributed by atoms with Crippen molar-refractivity contribution >= 4 is 23.3 Å². The van der Waals surface area contributed by atoms with E-state index in [1.54, 1.807) is 0 Å². The molecule has 3 aromatic carbocycles. The molecule has 26 heavy (non-hydrogen) atoms. The second kappa shape index (κ2) is 10.1. The number of nitrogens with two attached hydrogens (primary N) is 1. The van der Waals surface area contributed by atoms with Gasteiger partial charge in [0.2, 0.25) is 0 Å². The standard InChI is InChI=1S/C14H13NO3.C7H7Cl/c15-12-7-6-11(14(16)17)8-13(12)18-9-10-4-2-1-3-5-10;8-6-7-4-2-1-3-5-7/h1-8H,9,15H2,(H,16,17);1-5H,6H2. The van der Waals surface area contributed by atoms with Crippen molar-refractivity contribution in [2.24, 2.45) is 0 Å². The van der Waals surface area contributed by atoms with Gasteiger partial charge in [-0.05, 0) is 29.3 Å². The normalized spacial score (nSPS) is 9.73. The second-order valence-corrected chi connectivity index (χ2v) is 5.72. The SMILES string of the molecule is ClCc1ccccc1.Nc1ccc(C(=O)O)cc1OCc1ccccc1. The fraction of sp³-hybridized carbons (Fsp3) is 0.0952. The van der Waals surface area contributed by atoms with Crippen molar-refractivity contribution in [1.82, 2.24) is 0 Å². The number of carboxylic acids is 1. The first-order valence-corrected chi connectivity index (χ1v) is 8.53. The molecule has 0 atom stereocenters. The van der Waals surface area contributed by atoms with Crippen LogP contribution in [0.15, 0.2) is 78.9 Å². The highest BCUT2D eigenvalue weighted by Crippen LogP contribution is 2.23. The third-order valence-electron chi connectivity index (χ3n) is 3.49. The highest BCUT2D eigenvalue weighted by molar-refractivity contribution is 6.17. The maximum absolute atomic E-state index is 10.8. The number of carboxylic acid groups (broad SMARTS) is 1. The van der Waals surface area contributed by atoms with Crippen LogP contribution in [-0.4, -0.2) is 11.1 Å². The Bertz CT molecular complexity index is 823. The van der Waals surface area contributed by atoms with Crippen molar-refractivity contribution in [3.63, 3.8) is 0 Å². The summed E-state index contributed by atoms with van der Waals surface area (Å²) in [6, 6.07) is 24.0. The lowest BCUT2D eigenvalue weighted by Gasteiger charge is -2.09. The lowest BCUT2D eigenvalue weighted by Crippen LogP contribution is -2.02. The molecule has 4 nitrogen and oxygen atoms in total. The largest absolute Gasteiger partial charge is 0.487 e. The van der Waals surface area contributed by atoms with Crippen molar-refractivity contribution in [1.29, 1.82) is 0 Å². The van der Waals surface area contributed by atoms with E-state index in [1.807, 2.05) is 60.7 Å². The Hall–Kier alpha value is -2.98. The zero-order valence-corrected chi connectivity index (χ0v) is 14.9. The van der Waals surface area contributed by atoms with Crippen molar-refractivity contribution < 1.29 is 14.6 Å². The minimum atomic E-state index is -1.00. The number of nitrogen functional groups attached to an aromatic ring is 1. The molecule has 5 heteroatoms. The van der Waals surface area contributed by atoms with E-state index in [1.165, 1.54) is 23.8 Å². The average molecular weight is 370 g/mol. The Morgan fingerprint density at radius 1 is 0.923 bits per heavy atom. The monoisotopic (exact) mass is 369 g/mol. The van der Waals surface area contributed by atoms with E-state index in [9.17, 15) is 4.79 Å². The van der Waals surface area contributed by atoms with Crippen LogP contribution in [0.3, 0.4) is 0 Å². The maximum Gasteiger partial charge on any atom is 0.335 e. The van der Waals surface area contributed by atoms with Crippen LogP contribution in [-0.2, 0) is 12.5 Å². The average Bonchev–Trinajstić information content (AvgIpc) is 2.69. The minimum absolute atomic E-state index is 0.160. The summed E-state index contributed by atoms with van der Waals surface area (Å²) >= 11 is 5.53. The van der Waals surface area contributed by atoms with Crippen LogP contribution in [0.4, 0.5) is 5.69 Å². The van der Waals surface area contributed by atoms with Crippen molar-refractivity contribution in [2.75, 3.05) is 5.73 Å². The van der Waals surface area contributed by atoms with Gasteiger partial charge in [0.15, 0.2) is 0 Å². The van der Waals surface area contributed by atoms with Crippen LogP contribution in [0.5, 0.6) is 5.75 Å². The van der Waals surface area contributed by atoms with Crippen LogP contribution in [0, 0.1) is 0 Å². The molecule has 0 radical (unpaired) electrons. The van der Waals surface area contributed by atoms with Gasteiger partial charge in [0.05, 0.1) is 11.3 Å². The quantitative estimate of drug-likeness (QED) is 0.492. The third kappa shape index (κ3) is 6.15. The van der Waals surface area contributed by atoms with Gasteiger partial charge < -0.3 is 15.6 Å². The number of ether oxygens (including phenoxy) is 1. The molecular formula is C21H20ClNO3. The molecule has 0 aliphatic rings. The molecule has 0 aliphatic carbocycles. The summed E-state index contributed by atoms with van der Waals surface area (Å²) in [6.45, 7) is 0.355. The summed E-state index contributed by atoms with van der Waals surface area (Å²) < 4.78 is 5.53. The summed E-state index contributed by atoms with van der Waals surface area (Å²) in [6.07, 6.45) is 0. The van der Waals surface area contributed by atoms with Crippen LogP contribution < -0.4 is 10.5 Å². The number of hydrogen-bond acceptors (Lipinski definition) is 3. The number of carbonyl (C=O) groups is 1. The predicted octanol–water partition coefficient (Wildman–Crippen LogP) is 4.97. The molecule has 3 rings (SSSR count). The Balaban J connectivity index is 0.000000254. The van der Waals surface area contributed by atoms with E-state index in [0.29, 0.717) is 23.9 Å². The number of anilines is 1. The number of aromatic carboxylic acids is 1. The summed E-state index contributed by atoms with van der Waals surface area (Å²) in [4.78, 5) is 10.8. The molecular weight excluding hydrogens is 350 g/mol. The summed E-state index contributed by atoms with van der Waals surface area (Å²) in [7, 11) is 0. The van der Waals surface area contributed by atoms with Crippen molar-refractivity contribution in [3.8, 4) is 5.75 Å². The zero-order chi connectivity index (χ0) is 18.8. The molecule has 0 spiro atoms. The predicted molar refractivity (Wildman–Crippen MR) is 105 cm³/mol. The molecule has 0 heterocycles. The fourth-order valence-corrected chi connectivity index (χ4v) is 2.27. The molecule has 0 aromatic heterocycles. The Kier molecular flexibility index (Phi) is 7.52. The van der Waals surface area contributed by atoms with Gasteiger partial charge in [0, 0.05) is 5.88 Å². The molecule has 0 saturated carbocycles. The molecule has 0 amide bonds. The zero-order valence-electron chi connectivity index (χ0n) is 14.1. The molecule has 134 valence electrons. The van der Waals surface area contributed by atoms with Crippen LogP contribution in [0.25, 0.3) is 0 Å². The molecule has 3 aromatic rings. The minimum Gasteiger partial charge on any atom is -0.487 e. The van der Waals surface area contributed by atoms with E-state index < -0.39 is 5.97 Å². The van der Waals surface area contributed by atoms with E-state index >= 15 is 0 Å². The smallest absolute Gasteiger partial charge is 0.335 e. The summed E-state index contributed by atoms with van der Waals surface area (Å²) in [5.41, 5.74) is 8.50. The van der Waals surface area contributed by atoms with E-state index in [2.05, 4.69) is 0 Å². The fourth-order valence-electron chi connectivity index (χ4n) is 2.09. The lowest BCUT2D eigenvalue weighted by molar-refractivity contribution is 0.0696. The molecule has 3 N–H and O–H groups in total. The molecule has 0 bridgehead atoms. The lowest BCUT2D eigenvalue weighted by atomic mass is 10.2. The first-order chi connectivity index (χ1) is 12.6. The van der Waals surface area contributed by atoms with E-state index in [0.717, 1.165) is 5.56 Å². The van der Waals surface area contributed by atoms with Gasteiger partial charge >= 0.3 is 5.97 Å². The van der Waals surface area contributed by atoms with Crippen LogP contribution in [0.1, 0.15) is 21.5 Å².